The van der Waals surface area contributed by atoms with Crippen LogP contribution in [0.3, 0.4) is 0 Å². The summed E-state index contributed by atoms with van der Waals surface area (Å²) in [4.78, 5) is 18.1. The average Bonchev–Trinajstić information content (AvgIpc) is 3.55. The molecule has 40 heavy (non-hydrogen) atoms. The minimum atomic E-state index is -6.35. The van der Waals surface area contributed by atoms with Gasteiger partial charge in [0, 0.05) is 24.6 Å². The number of hydrogen-bond donors (Lipinski definition) is 0. The molecule has 15 heteroatoms. The number of amides is 1. The van der Waals surface area contributed by atoms with Gasteiger partial charge in [-0.3, -0.25) is 9.78 Å². The minimum Gasteiger partial charge on any atom is -0.336 e. The van der Waals surface area contributed by atoms with Crippen LogP contribution in [0.15, 0.2) is 59.1 Å². The third kappa shape index (κ3) is 4.03. The number of aromatic nitrogens is 1. The summed E-state index contributed by atoms with van der Waals surface area (Å²) in [6, 6.07) is 5.24. The van der Waals surface area contributed by atoms with Crippen LogP contribution in [0.2, 0.25) is 0 Å². The van der Waals surface area contributed by atoms with Crippen LogP contribution in [-0.2, 0) is 26.7 Å². The van der Waals surface area contributed by atoms with Gasteiger partial charge in [0.2, 0.25) is 0 Å². The molecule has 1 fully saturated rings. The Labute approximate surface area is 226 Å². The Balaban J connectivity index is 1.71. The van der Waals surface area contributed by atoms with Crippen LogP contribution in [0.25, 0.3) is 0 Å². The van der Waals surface area contributed by atoms with Crippen LogP contribution < -0.4 is 0 Å². The SMILES string of the molecule is O=C(c1cncs1)N1C[C@H]2CCc3cc(C(F)(C(F)(F)F)C(F)(F)F)ccc3C2(S(=O)(=O)c2ccc(F)cc2)C1. The van der Waals surface area contributed by atoms with Gasteiger partial charge in [-0.15, -0.1) is 11.3 Å². The Kier molecular flexibility index (Phi) is 6.56. The number of rotatable bonds is 4. The zero-order valence-corrected chi connectivity index (χ0v) is 21.7. The quantitative estimate of drug-likeness (QED) is 0.270. The Hall–Kier alpha value is -3.07. The Morgan fingerprint density at radius 1 is 1.00 bits per heavy atom. The maximum Gasteiger partial charge on any atom is 0.435 e. The largest absolute Gasteiger partial charge is 0.435 e. The van der Waals surface area contributed by atoms with E-state index in [0.717, 1.165) is 41.7 Å². The Morgan fingerprint density at radius 3 is 2.23 bits per heavy atom. The topological polar surface area (TPSA) is 67.3 Å². The second kappa shape index (κ2) is 9.23. The van der Waals surface area contributed by atoms with E-state index in [2.05, 4.69) is 4.98 Å². The first-order chi connectivity index (χ1) is 18.5. The van der Waals surface area contributed by atoms with Crippen LogP contribution in [0.1, 0.15) is 32.8 Å². The molecule has 0 spiro atoms. The maximum absolute atomic E-state index is 14.9. The predicted octanol–water partition coefficient (Wildman–Crippen LogP) is 5.96. The second-order valence-electron chi connectivity index (χ2n) is 9.66. The van der Waals surface area contributed by atoms with E-state index in [9.17, 15) is 48.3 Å². The zero-order valence-electron chi connectivity index (χ0n) is 20.1. The van der Waals surface area contributed by atoms with E-state index < -0.39 is 62.4 Å². The van der Waals surface area contributed by atoms with Crippen molar-refractivity contribution >= 4 is 27.1 Å². The second-order valence-corrected chi connectivity index (χ2v) is 12.8. The highest BCUT2D eigenvalue weighted by Gasteiger charge is 2.73. The number of fused-ring (bicyclic) bond motifs is 3. The van der Waals surface area contributed by atoms with Gasteiger partial charge in [-0.25, -0.2) is 17.2 Å². The zero-order chi connectivity index (χ0) is 29.3. The highest BCUT2D eigenvalue weighted by atomic mass is 32.2. The number of benzene rings is 2. The standard InChI is InChI=1S/C25H18F8N2O3S2/c26-17-4-6-18(7-5-17)40(37,38)22-12-35(21(36)20-10-34-13-39-20)11-16(22)2-1-14-9-15(3-8-19(14)22)23(27,24(28,29)30)25(31,32)33/h3-10,13,16H,1-2,11-12H2/t16-,22?/m1/s1. The van der Waals surface area contributed by atoms with Gasteiger partial charge in [0.25, 0.3) is 5.91 Å². The van der Waals surface area contributed by atoms with Gasteiger partial charge >= 0.3 is 18.0 Å². The molecular formula is C25H18F8N2O3S2. The minimum absolute atomic E-state index is 0.0410. The normalized spacial score (nSPS) is 21.7. The molecule has 0 bridgehead atoms. The fourth-order valence-electron chi connectivity index (χ4n) is 5.67. The van der Waals surface area contributed by atoms with Crippen molar-refractivity contribution in [2.75, 3.05) is 13.1 Å². The van der Waals surface area contributed by atoms with Gasteiger partial charge < -0.3 is 4.90 Å². The van der Waals surface area contributed by atoms with E-state index in [1.54, 1.807) is 0 Å². The number of alkyl halides is 7. The van der Waals surface area contributed by atoms with Crippen LogP contribution >= 0.6 is 11.3 Å². The third-order valence-electron chi connectivity index (χ3n) is 7.56. The molecule has 5 rings (SSSR count). The van der Waals surface area contributed by atoms with Gasteiger partial charge in [-0.05, 0) is 48.2 Å². The summed E-state index contributed by atoms with van der Waals surface area (Å²) >= 11 is 1.00. The number of thiazole rings is 1. The lowest BCUT2D eigenvalue weighted by atomic mass is 9.75. The van der Waals surface area contributed by atoms with E-state index in [0.29, 0.717) is 6.07 Å². The molecule has 1 aromatic heterocycles. The highest BCUT2D eigenvalue weighted by Crippen LogP contribution is 2.56. The molecule has 0 radical (unpaired) electrons. The molecule has 2 atom stereocenters. The summed E-state index contributed by atoms with van der Waals surface area (Å²) in [5, 5.41) is 0. The number of carbonyl (C=O) groups is 1. The lowest BCUT2D eigenvalue weighted by Gasteiger charge is -2.40. The summed E-state index contributed by atoms with van der Waals surface area (Å²) in [6.07, 6.45) is -11.6. The van der Waals surface area contributed by atoms with Crippen molar-refractivity contribution in [1.29, 1.82) is 0 Å². The number of hydrogen-bond acceptors (Lipinski definition) is 5. The molecule has 0 saturated carbocycles. The fourth-order valence-corrected chi connectivity index (χ4v) is 8.62. The molecule has 5 nitrogen and oxygen atoms in total. The summed E-state index contributed by atoms with van der Waals surface area (Å²) in [5.74, 6) is -2.12. The number of halogens is 8. The lowest BCUT2D eigenvalue weighted by molar-refractivity contribution is -0.348. The molecule has 3 aromatic rings. The highest BCUT2D eigenvalue weighted by molar-refractivity contribution is 7.92. The van der Waals surface area contributed by atoms with E-state index in [1.165, 1.54) is 16.6 Å². The van der Waals surface area contributed by atoms with Gasteiger partial charge in [-0.1, -0.05) is 18.2 Å². The molecule has 2 heterocycles. The van der Waals surface area contributed by atoms with E-state index in [-0.39, 0.29) is 46.4 Å². The van der Waals surface area contributed by atoms with E-state index in [1.807, 2.05) is 0 Å². The molecule has 1 aliphatic heterocycles. The van der Waals surface area contributed by atoms with Crippen molar-refractivity contribution in [3.63, 3.8) is 0 Å². The van der Waals surface area contributed by atoms with Crippen LogP contribution in [0.5, 0.6) is 0 Å². The van der Waals surface area contributed by atoms with Crippen LogP contribution in [-0.4, -0.2) is 49.7 Å². The van der Waals surface area contributed by atoms with Crippen molar-refractivity contribution in [2.24, 2.45) is 5.92 Å². The van der Waals surface area contributed by atoms with Gasteiger partial charge in [0.05, 0.1) is 16.6 Å². The molecule has 0 N–H and O–H groups in total. The van der Waals surface area contributed by atoms with Crippen molar-refractivity contribution < 1.29 is 48.3 Å². The van der Waals surface area contributed by atoms with E-state index in [4.69, 9.17) is 0 Å². The fraction of sp³-hybridized carbons (Fsp3) is 0.360. The van der Waals surface area contributed by atoms with Crippen molar-refractivity contribution in [3.05, 3.63) is 81.6 Å². The predicted molar refractivity (Wildman–Crippen MR) is 126 cm³/mol. The average molecular weight is 611 g/mol. The first-order valence-electron chi connectivity index (χ1n) is 11.7. The summed E-state index contributed by atoms with van der Waals surface area (Å²) in [5.41, 5.74) is -6.39. The molecular weight excluding hydrogens is 592 g/mol. The third-order valence-corrected chi connectivity index (χ3v) is 10.9. The summed E-state index contributed by atoms with van der Waals surface area (Å²) in [6.45, 7) is -0.573. The molecule has 1 saturated heterocycles. The molecule has 2 aliphatic rings. The first-order valence-corrected chi connectivity index (χ1v) is 14.0. The van der Waals surface area contributed by atoms with Crippen molar-refractivity contribution in [2.45, 2.75) is 40.5 Å². The number of sulfone groups is 1. The molecule has 2 aromatic carbocycles. The Bertz CT molecular complexity index is 1540. The number of carbonyl (C=O) groups excluding carboxylic acids is 1. The van der Waals surface area contributed by atoms with Crippen LogP contribution in [0.4, 0.5) is 35.1 Å². The van der Waals surface area contributed by atoms with Gasteiger partial charge in [0.1, 0.15) is 15.4 Å². The number of nitrogens with zero attached hydrogens (tertiary/aromatic N) is 2. The van der Waals surface area contributed by atoms with Crippen molar-refractivity contribution in [3.8, 4) is 0 Å². The molecule has 1 unspecified atom stereocenters. The van der Waals surface area contributed by atoms with E-state index >= 15 is 0 Å². The number of aryl methyl sites for hydroxylation is 1. The van der Waals surface area contributed by atoms with Crippen LogP contribution in [0, 0.1) is 11.7 Å². The monoisotopic (exact) mass is 610 g/mol. The summed E-state index contributed by atoms with van der Waals surface area (Å²) in [7, 11) is -4.54. The maximum atomic E-state index is 14.9. The van der Waals surface area contributed by atoms with Gasteiger partial charge in [-0.2, -0.15) is 26.3 Å². The van der Waals surface area contributed by atoms with Crippen molar-refractivity contribution in [1.82, 2.24) is 9.88 Å². The first kappa shape index (κ1) is 28.5. The molecule has 1 amide bonds. The Morgan fingerprint density at radius 2 is 1.65 bits per heavy atom. The smallest absolute Gasteiger partial charge is 0.336 e. The molecule has 1 aliphatic carbocycles. The van der Waals surface area contributed by atoms with Gasteiger partial charge in [0.15, 0.2) is 9.84 Å². The lowest BCUT2D eigenvalue weighted by Crippen LogP contribution is -2.51. The summed E-state index contributed by atoms with van der Waals surface area (Å²) < 4.78 is 136. The number of likely N-dealkylation sites (tertiary alicyclic amines) is 1. The molecule has 214 valence electrons.